The van der Waals surface area contributed by atoms with Gasteiger partial charge < -0.3 is 11.1 Å². The predicted molar refractivity (Wildman–Crippen MR) is 96.2 cm³/mol. The molecule has 27 heavy (non-hydrogen) atoms. The standard InChI is InChI=1S/C13H17F2N5.C5H9NO/c1-8-6-17-12-18-10(7-20(12)19-8)11(16)9-2-4-13(14,15)5-3-9;7-5-3-1-2-4-6-5/h6-7,9,11H,2-5,16H2,1H3;1-4H2,(H,6,7). The molecule has 9 heteroatoms. The first-order valence-electron chi connectivity index (χ1n) is 9.43. The second kappa shape index (κ2) is 8.24. The second-order valence-electron chi connectivity index (χ2n) is 7.34. The lowest BCUT2D eigenvalue weighted by Crippen LogP contribution is -2.31. The van der Waals surface area contributed by atoms with Gasteiger partial charge in [-0.1, -0.05) is 0 Å². The number of amides is 1. The van der Waals surface area contributed by atoms with E-state index >= 15 is 0 Å². The second-order valence-corrected chi connectivity index (χ2v) is 7.34. The number of hydrogen-bond acceptors (Lipinski definition) is 5. The lowest BCUT2D eigenvalue weighted by atomic mass is 9.81. The van der Waals surface area contributed by atoms with Crippen molar-refractivity contribution >= 4 is 11.7 Å². The van der Waals surface area contributed by atoms with Crippen molar-refractivity contribution in [2.45, 2.75) is 63.8 Å². The third-order valence-corrected chi connectivity index (χ3v) is 5.08. The summed E-state index contributed by atoms with van der Waals surface area (Å²) in [6, 6.07) is -0.338. The van der Waals surface area contributed by atoms with E-state index < -0.39 is 5.92 Å². The molecule has 1 unspecified atom stereocenters. The first-order chi connectivity index (χ1) is 12.8. The number of carbonyl (C=O) groups is 1. The van der Waals surface area contributed by atoms with Crippen molar-refractivity contribution < 1.29 is 13.6 Å². The van der Waals surface area contributed by atoms with Crippen LogP contribution in [0, 0.1) is 12.8 Å². The van der Waals surface area contributed by atoms with Crippen molar-refractivity contribution in [2.75, 3.05) is 6.54 Å². The van der Waals surface area contributed by atoms with Gasteiger partial charge in [-0.25, -0.2) is 23.3 Å². The van der Waals surface area contributed by atoms with E-state index in [1.807, 2.05) is 6.92 Å². The van der Waals surface area contributed by atoms with Gasteiger partial charge >= 0.3 is 0 Å². The molecule has 0 aromatic carbocycles. The number of nitrogens with zero attached hydrogens (tertiary/aromatic N) is 4. The van der Waals surface area contributed by atoms with Crippen molar-refractivity contribution in [3.05, 3.63) is 23.8 Å². The summed E-state index contributed by atoms with van der Waals surface area (Å²) in [4.78, 5) is 18.9. The Morgan fingerprint density at radius 1 is 1.33 bits per heavy atom. The van der Waals surface area contributed by atoms with Crippen LogP contribution in [0.2, 0.25) is 0 Å². The third-order valence-electron chi connectivity index (χ3n) is 5.08. The molecule has 1 atom stereocenters. The first kappa shape index (κ1) is 19.6. The van der Waals surface area contributed by atoms with Crippen LogP contribution in [0.3, 0.4) is 0 Å². The summed E-state index contributed by atoms with van der Waals surface area (Å²) in [5, 5.41) is 7.01. The van der Waals surface area contributed by atoms with Crippen LogP contribution in [0.15, 0.2) is 12.4 Å². The number of aryl methyl sites for hydroxylation is 1. The van der Waals surface area contributed by atoms with E-state index in [-0.39, 0.29) is 30.7 Å². The third kappa shape index (κ3) is 5.18. The van der Waals surface area contributed by atoms with E-state index in [9.17, 15) is 13.6 Å². The molecule has 148 valence electrons. The number of hydrogen-bond donors (Lipinski definition) is 2. The molecule has 0 spiro atoms. The van der Waals surface area contributed by atoms with Gasteiger partial charge in [0.1, 0.15) is 0 Å². The van der Waals surface area contributed by atoms with Crippen LogP contribution in [0.4, 0.5) is 8.78 Å². The molecule has 1 amide bonds. The van der Waals surface area contributed by atoms with Crippen LogP contribution in [0.1, 0.15) is 62.4 Å². The van der Waals surface area contributed by atoms with Gasteiger partial charge in [0.2, 0.25) is 11.8 Å². The van der Waals surface area contributed by atoms with Gasteiger partial charge in [-0.05, 0) is 38.5 Å². The fourth-order valence-electron chi connectivity index (χ4n) is 3.44. The average Bonchev–Trinajstić information content (AvgIpc) is 3.05. The Bertz CT molecular complexity index is 775. The van der Waals surface area contributed by atoms with E-state index in [2.05, 4.69) is 20.4 Å². The van der Waals surface area contributed by atoms with Crippen molar-refractivity contribution in [3.63, 3.8) is 0 Å². The molecule has 0 bridgehead atoms. The maximum absolute atomic E-state index is 13.2. The number of carbonyl (C=O) groups excluding carboxylic acids is 1. The number of alkyl halides is 2. The highest BCUT2D eigenvalue weighted by atomic mass is 19.3. The molecule has 2 aromatic heterocycles. The highest BCUT2D eigenvalue weighted by Crippen LogP contribution is 2.40. The topological polar surface area (TPSA) is 98.2 Å². The average molecular weight is 380 g/mol. The summed E-state index contributed by atoms with van der Waals surface area (Å²) < 4.78 is 27.9. The largest absolute Gasteiger partial charge is 0.356 e. The van der Waals surface area contributed by atoms with Crippen LogP contribution in [-0.4, -0.2) is 38.0 Å². The fraction of sp³-hybridized carbons (Fsp3) is 0.667. The van der Waals surface area contributed by atoms with Gasteiger partial charge in [-0.2, -0.15) is 5.10 Å². The summed E-state index contributed by atoms with van der Waals surface area (Å²) in [6.07, 6.45) is 7.04. The summed E-state index contributed by atoms with van der Waals surface area (Å²) in [5.74, 6) is -1.79. The number of imidazole rings is 1. The zero-order valence-electron chi connectivity index (χ0n) is 15.5. The monoisotopic (exact) mass is 380 g/mol. The Morgan fingerprint density at radius 2 is 2.07 bits per heavy atom. The molecule has 2 aliphatic rings. The SMILES string of the molecule is Cc1cnc2nc(C(N)C3CCC(F)(F)CC3)cn2n1.O=C1CCCCN1. The number of nitrogens with one attached hydrogen (secondary N) is 1. The van der Waals surface area contributed by atoms with Crippen molar-refractivity contribution in [1.29, 1.82) is 0 Å². The van der Waals surface area contributed by atoms with E-state index in [1.54, 1.807) is 16.9 Å². The molecule has 4 rings (SSSR count). The molecule has 1 aliphatic carbocycles. The Kier molecular flexibility index (Phi) is 5.98. The molecule has 0 radical (unpaired) electrons. The number of nitrogens with two attached hydrogens (primary N) is 1. The molecular weight excluding hydrogens is 354 g/mol. The van der Waals surface area contributed by atoms with E-state index in [4.69, 9.17) is 5.73 Å². The number of fused-ring (bicyclic) bond motifs is 1. The predicted octanol–water partition coefficient (Wildman–Crippen LogP) is 2.54. The van der Waals surface area contributed by atoms with Crippen LogP contribution in [0.5, 0.6) is 0 Å². The van der Waals surface area contributed by atoms with Crippen molar-refractivity contribution in [2.24, 2.45) is 11.7 Å². The quantitative estimate of drug-likeness (QED) is 0.834. The van der Waals surface area contributed by atoms with Gasteiger partial charge in [-0.15, -0.1) is 0 Å². The Labute approximate surface area is 156 Å². The van der Waals surface area contributed by atoms with Gasteiger partial charge in [0.05, 0.1) is 29.8 Å². The summed E-state index contributed by atoms with van der Waals surface area (Å²) >= 11 is 0. The molecule has 2 fully saturated rings. The highest BCUT2D eigenvalue weighted by Gasteiger charge is 2.37. The van der Waals surface area contributed by atoms with Gasteiger partial charge in [0.15, 0.2) is 0 Å². The summed E-state index contributed by atoms with van der Waals surface area (Å²) in [5.41, 5.74) is 7.64. The highest BCUT2D eigenvalue weighted by molar-refractivity contribution is 5.76. The number of piperidine rings is 1. The van der Waals surface area contributed by atoms with Gasteiger partial charge in [0, 0.05) is 25.8 Å². The van der Waals surface area contributed by atoms with Crippen LogP contribution in [0.25, 0.3) is 5.78 Å². The molecule has 3 heterocycles. The van der Waals surface area contributed by atoms with Crippen LogP contribution in [-0.2, 0) is 4.79 Å². The maximum atomic E-state index is 13.2. The van der Waals surface area contributed by atoms with Crippen LogP contribution < -0.4 is 11.1 Å². The van der Waals surface area contributed by atoms with E-state index in [0.29, 0.717) is 24.3 Å². The van der Waals surface area contributed by atoms with Gasteiger partial charge in [-0.3, -0.25) is 4.79 Å². The molecule has 3 N–H and O–H groups in total. The maximum Gasteiger partial charge on any atom is 0.250 e. The fourth-order valence-corrected chi connectivity index (χ4v) is 3.44. The Balaban J connectivity index is 0.000000253. The lowest BCUT2D eigenvalue weighted by molar-refractivity contribution is -0.122. The normalized spacial score (nSPS) is 21.3. The van der Waals surface area contributed by atoms with Gasteiger partial charge in [0.25, 0.3) is 5.78 Å². The minimum absolute atomic E-state index is 0.0423. The minimum Gasteiger partial charge on any atom is -0.356 e. The number of halogens is 2. The van der Waals surface area contributed by atoms with Crippen molar-refractivity contribution in [1.82, 2.24) is 24.9 Å². The van der Waals surface area contributed by atoms with E-state index in [1.165, 1.54) is 0 Å². The van der Waals surface area contributed by atoms with Crippen molar-refractivity contribution in [3.8, 4) is 0 Å². The Morgan fingerprint density at radius 3 is 2.67 bits per heavy atom. The minimum atomic E-state index is -2.53. The number of rotatable bonds is 2. The molecule has 1 saturated heterocycles. The van der Waals surface area contributed by atoms with Crippen LogP contribution >= 0.6 is 0 Å². The smallest absolute Gasteiger partial charge is 0.250 e. The first-order valence-corrected chi connectivity index (χ1v) is 9.43. The zero-order chi connectivity index (χ0) is 19.4. The molecule has 7 nitrogen and oxygen atoms in total. The Hall–Kier alpha value is -2.16. The summed E-state index contributed by atoms with van der Waals surface area (Å²) in [7, 11) is 0. The summed E-state index contributed by atoms with van der Waals surface area (Å²) in [6.45, 7) is 2.73. The van der Waals surface area contributed by atoms with E-state index in [0.717, 1.165) is 31.5 Å². The lowest BCUT2D eigenvalue weighted by Gasteiger charge is -2.31. The number of aromatic nitrogens is 4. The molecular formula is C18H26F2N6O. The molecule has 2 aromatic rings. The molecule has 1 saturated carbocycles. The zero-order valence-corrected chi connectivity index (χ0v) is 15.5. The molecule has 1 aliphatic heterocycles.